The lowest BCUT2D eigenvalue weighted by Crippen LogP contribution is -1.88. The van der Waals surface area contributed by atoms with Crippen molar-refractivity contribution in [1.29, 1.82) is 0 Å². The van der Waals surface area contributed by atoms with Crippen LogP contribution in [0.25, 0.3) is 0 Å². The lowest BCUT2D eigenvalue weighted by atomic mass is 10.3. The van der Waals surface area contributed by atoms with Gasteiger partial charge in [-0.05, 0) is 18.8 Å². The van der Waals surface area contributed by atoms with E-state index in [9.17, 15) is 0 Å². The third kappa shape index (κ3) is 0.970. The lowest BCUT2D eigenvalue weighted by molar-refractivity contribution is 0.834. The molecule has 0 aromatic heterocycles. The van der Waals surface area contributed by atoms with E-state index in [4.69, 9.17) is 0 Å². The van der Waals surface area contributed by atoms with Gasteiger partial charge in [-0.2, -0.15) is 0 Å². The van der Waals surface area contributed by atoms with Gasteiger partial charge in [-0.25, -0.2) is 0 Å². The predicted octanol–water partition coefficient (Wildman–Crippen LogP) is 2.18. The predicted molar refractivity (Wildman–Crippen MR) is 31.1 cm³/mol. The fourth-order valence-electron chi connectivity index (χ4n) is 0.556. The molecule has 1 heteroatoms. The summed E-state index contributed by atoms with van der Waals surface area (Å²) in [4.78, 5) is 0.775. The summed E-state index contributed by atoms with van der Waals surface area (Å²) in [6, 6.07) is 0. The molecule has 0 N–H and O–H groups in total. The van der Waals surface area contributed by atoms with Crippen LogP contribution in [0.15, 0.2) is 0 Å². The summed E-state index contributed by atoms with van der Waals surface area (Å²) in [6.45, 7) is 2.22. The highest BCUT2D eigenvalue weighted by atomic mass is 79.9. The molecule has 0 radical (unpaired) electrons. The second-order valence-electron chi connectivity index (χ2n) is 2.01. The molecule has 1 unspecified atom stereocenters. The van der Waals surface area contributed by atoms with E-state index in [-0.39, 0.29) is 0 Å². The van der Waals surface area contributed by atoms with Crippen LogP contribution in [0.1, 0.15) is 19.8 Å². The molecule has 0 heterocycles. The van der Waals surface area contributed by atoms with Gasteiger partial charge in [0.05, 0.1) is 0 Å². The average molecular weight is 149 g/mol. The monoisotopic (exact) mass is 148 g/mol. The molecule has 1 aliphatic rings. The van der Waals surface area contributed by atoms with E-state index >= 15 is 0 Å². The van der Waals surface area contributed by atoms with Gasteiger partial charge in [-0.15, -0.1) is 0 Å². The van der Waals surface area contributed by atoms with Crippen molar-refractivity contribution in [3.8, 4) is 0 Å². The second-order valence-corrected chi connectivity index (χ2v) is 3.46. The summed E-state index contributed by atoms with van der Waals surface area (Å²) in [6.07, 6.45) is 2.90. The molecule has 36 valence electrons. The lowest BCUT2D eigenvalue weighted by Gasteiger charge is -1.91. The van der Waals surface area contributed by atoms with Gasteiger partial charge >= 0.3 is 0 Å². The molecule has 6 heavy (non-hydrogen) atoms. The Hall–Kier alpha value is 0.480. The van der Waals surface area contributed by atoms with Crippen LogP contribution in [0.4, 0.5) is 0 Å². The summed E-state index contributed by atoms with van der Waals surface area (Å²) in [5, 5.41) is 0. The maximum atomic E-state index is 3.50. The molecule has 1 aliphatic carbocycles. The SMILES string of the molecule is CC(Br)C1CC1. The third-order valence-corrected chi connectivity index (χ3v) is 2.02. The highest BCUT2D eigenvalue weighted by molar-refractivity contribution is 9.09. The molecule has 0 nitrogen and oxygen atoms in total. The standard InChI is InChI=1S/C5H9Br/c1-4(6)5-2-3-5/h4-5H,2-3H2,1H3. The van der Waals surface area contributed by atoms with Crippen molar-refractivity contribution in [2.75, 3.05) is 0 Å². The van der Waals surface area contributed by atoms with E-state index in [1.165, 1.54) is 12.8 Å². The Balaban J connectivity index is 2.13. The Morgan fingerprint density at radius 1 is 1.67 bits per heavy atom. The summed E-state index contributed by atoms with van der Waals surface area (Å²) in [5.41, 5.74) is 0. The zero-order valence-corrected chi connectivity index (χ0v) is 5.53. The fraction of sp³-hybridized carbons (Fsp3) is 1.00. The molecule has 0 spiro atoms. The van der Waals surface area contributed by atoms with Gasteiger partial charge in [0, 0.05) is 4.83 Å². The van der Waals surface area contributed by atoms with Crippen LogP contribution in [0.3, 0.4) is 0 Å². The van der Waals surface area contributed by atoms with Crippen molar-refractivity contribution >= 4 is 15.9 Å². The van der Waals surface area contributed by atoms with Crippen LogP contribution < -0.4 is 0 Å². The highest BCUT2D eigenvalue weighted by Gasteiger charge is 2.25. The van der Waals surface area contributed by atoms with E-state index in [1.807, 2.05) is 0 Å². The molecule has 0 aromatic rings. The summed E-state index contributed by atoms with van der Waals surface area (Å²) in [7, 11) is 0. The molecular weight excluding hydrogens is 140 g/mol. The minimum Gasteiger partial charge on any atom is -0.0891 e. The van der Waals surface area contributed by atoms with Gasteiger partial charge in [0.2, 0.25) is 0 Å². The molecule has 1 fully saturated rings. The minimum atomic E-state index is 0.775. The number of alkyl halides is 1. The molecule has 0 aromatic carbocycles. The van der Waals surface area contributed by atoms with E-state index < -0.39 is 0 Å². The number of hydrogen-bond donors (Lipinski definition) is 0. The van der Waals surface area contributed by atoms with Gasteiger partial charge in [-0.3, -0.25) is 0 Å². The Labute approximate surface area is 47.1 Å². The Kier molecular flexibility index (Phi) is 1.18. The van der Waals surface area contributed by atoms with Gasteiger partial charge in [0.15, 0.2) is 0 Å². The fourth-order valence-corrected chi connectivity index (χ4v) is 1.08. The maximum Gasteiger partial charge on any atom is 0.0145 e. The number of hydrogen-bond acceptors (Lipinski definition) is 0. The van der Waals surface area contributed by atoms with E-state index in [1.54, 1.807) is 0 Å². The molecule has 0 aliphatic heterocycles. The topological polar surface area (TPSA) is 0 Å². The number of halogens is 1. The molecule has 0 bridgehead atoms. The molecule has 0 saturated heterocycles. The average Bonchev–Trinajstić information content (AvgIpc) is 2.06. The quantitative estimate of drug-likeness (QED) is 0.501. The van der Waals surface area contributed by atoms with Crippen molar-refractivity contribution < 1.29 is 0 Å². The van der Waals surface area contributed by atoms with Crippen molar-refractivity contribution in [3.63, 3.8) is 0 Å². The summed E-state index contributed by atoms with van der Waals surface area (Å²) in [5.74, 6) is 1.02. The first-order valence-corrected chi connectivity index (χ1v) is 3.36. The molecule has 0 amide bonds. The first-order chi connectivity index (χ1) is 2.80. The zero-order valence-electron chi connectivity index (χ0n) is 3.95. The van der Waals surface area contributed by atoms with Crippen molar-refractivity contribution in [3.05, 3.63) is 0 Å². The van der Waals surface area contributed by atoms with Gasteiger partial charge in [0.1, 0.15) is 0 Å². The third-order valence-electron chi connectivity index (χ3n) is 1.27. The normalized spacial score (nSPS) is 27.0. The maximum absolute atomic E-state index is 3.50. The Morgan fingerprint density at radius 3 is 2.17 bits per heavy atom. The molecule has 1 rings (SSSR count). The van der Waals surface area contributed by atoms with Gasteiger partial charge in [0.25, 0.3) is 0 Å². The number of rotatable bonds is 1. The largest absolute Gasteiger partial charge is 0.0891 e. The smallest absolute Gasteiger partial charge is 0.0145 e. The van der Waals surface area contributed by atoms with Gasteiger partial charge < -0.3 is 0 Å². The van der Waals surface area contributed by atoms with Crippen LogP contribution in [0.5, 0.6) is 0 Å². The summed E-state index contributed by atoms with van der Waals surface area (Å²) < 4.78 is 0. The van der Waals surface area contributed by atoms with E-state index in [2.05, 4.69) is 22.9 Å². The first-order valence-electron chi connectivity index (χ1n) is 2.45. The zero-order chi connectivity index (χ0) is 4.57. The Bertz CT molecular complexity index is 45.9. The van der Waals surface area contributed by atoms with Crippen LogP contribution in [-0.2, 0) is 0 Å². The first kappa shape index (κ1) is 4.63. The van der Waals surface area contributed by atoms with Crippen molar-refractivity contribution in [2.24, 2.45) is 5.92 Å². The van der Waals surface area contributed by atoms with Crippen LogP contribution in [0.2, 0.25) is 0 Å². The molecule has 1 saturated carbocycles. The van der Waals surface area contributed by atoms with Gasteiger partial charge in [-0.1, -0.05) is 22.9 Å². The van der Waals surface area contributed by atoms with Crippen LogP contribution in [-0.4, -0.2) is 4.83 Å². The molecule has 1 atom stereocenters. The second kappa shape index (κ2) is 1.53. The molecular formula is C5H9Br. The van der Waals surface area contributed by atoms with E-state index in [0.29, 0.717) is 0 Å². The van der Waals surface area contributed by atoms with Crippen LogP contribution >= 0.6 is 15.9 Å². The highest BCUT2D eigenvalue weighted by Crippen LogP contribution is 2.35. The van der Waals surface area contributed by atoms with E-state index in [0.717, 1.165) is 10.7 Å². The van der Waals surface area contributed by atoms with Crippen molar-refractivity contribution in [1.82, 2.24) is 0 Å². The van der Waals surface area contributed by atoms with Crippen LogP contribution in [0, 0.1) is 5.92 Å². The van der Waals surface area contributed by atoms with Crippen molar-refractivity contribution in [2.45, 2.75) is 24.6 Å². The minimum absolute atomic E-state index is 0.775. The summed E-state index contributed by atoms with van der Waals surface area (Å²) >= 11 is 3.50. The Morgan fingerprint density at radius 2 is 2.17 bits per heavy atom.